The number of benzene rings is 1. The molecule has 0 saturated carbocycles. The van der Waals surface area contributed by atoms with E-state index in [1.807, 2.05) is 6.92 Å². The number of imidazole rings is 1. The summed E-state index contributed by atoms with van der Waals surface area (Å²) in [5.74, 6) is -1.47. The fourth-order valence-electron chi connectivity index (χ4n) is 3.74. The maximum atomic E-state index is 14.3. The summed E-state index contributed by atoms with van der Waals surface area (Å²) in [7, 11) is -3.26. The van der Waals surface area contributed by atoms with E-state index < -0.39 is 21.7 Å². The first-order valence-corrected chi connectivity index (χ1v) is 11.6. The van der Waals surface area contributed by atoms with Gasteiger partial charge in [-0.2, -0.15) is 9.61 Å². The third-order valence-corrected chi connectivity index (χ3v) is 6.85. The number of rotatable bonds is 4. The lowest BCUT2D eigenvalue weighted by Gasteiger charge is -2.36. The van der Waals surface area contributed by atoms with Crippen molar-refractivity contribution in [2.45, 2.75) is 19.4 Å². The molecule has 0 bridgehead atoms. The summed E-state index contributed by atoms with van der Waals surface area (Å²) < 4.78 is 55.1. The number of sulfonamides is 1. The average Bonchev–Trinajstić information content (AvgIpc) is 3.04. The molecule has 1 aliphatic rings. The molecule has 7 nitrogen and oxygen atoms in total. The normalized spacial score (nSPS) is 20.6. The summed E-state index contributed by atoms with van der Waals surface area (Å²) in [6.45, 7) is 2.71. The second-order valence-electron chi connectivity index (χ2n) is 7.49. The summed E-state index contributed by atoms with van der Waals surface area (Å²) in [4.78, 5) is 4.25. The molecule has 0 aliphatic carbocycles. The van der Waals surface area contributed by atoms with E-state index in [1.54, 1.807) is 0 Å². The van der Waals surface area contributed by atoms with Crippen LogP contribution in [0.2, 0.25) is 5.15 Å². The molecule has 2 unspecified atom stereocenters. The first-order chi connectivity index (χ1) is 14.1. The van der Waals surface area contributed by atoms with Gasteiger partial charge in [0.25, 0.3) is 0 Å². The zero-order valence-electron chi connectivity index (χ0n) is 16.3. The Morgan fingerprint density at radius 1 is 1.27 bits per heavy atom. The van der Waals surface area contributed by atoms with Gasteiger partial charge in [-0.15, -0.1) is 0 Å². The molecule has 2 aromatic heterocycles. The van der Waals surface area contributed by atoms with Crippen molar-refractivity contribution in [2.24, 2.45) is 5.92 Å². The minimum Gasteiger partial charge on any atom is -0.379 e. The van der Waals surface area contributed by atoms with Crippen molar-refractivity contribution in [2.75, 3.05) is 24.7 Å². The molecule has 1 fully saturated rings. The number of hydrogen-bond acceptors (Lipinski definition) is 5. The lowest BCUT2D eigenvalue weighted by atomic mass is 9.95. The predicted molar refractivity (Wildman–Crippen MR) is 111 cm³/mol. The summed E-state index contributed by atoms with van der Waals surface area (Å²) >= 11 is 6.17. The van der Waals surface area contributed by atoms with Crippen molar-refractivity contribution < 1.29 is 17.2 Å². The van der Waals surface area contributed by atoms with Crippen LogP contribution < -0.4 is 5.32 Å². The standard InChI is InChI=1S/C19H20ClF2N5O2S/c1-11-10-26(30(2,28)29)7-6-14(11)24-16-8-15(18-12(21)4-3-5-13(18)22)25-27-17(20)9-23-19(16)27/h3-5,8-9,11,14,24H,6-7,10H2,1-2H3. The lowest BCUT2D eigenvalue weighted by Crippen LogP contribution is -2.47. The summed E-state index contributed by atoms with van der Waals surface area (Å²) in [5, 5.41) is 7.82. The van der Waals surface area contributed by atoms with Crippen molar-refractivity contribution in [3.05, 3.63) is 47.2 Å². The molecule has 0 spiro atoms. The van der Waals surface area contributed by atoms with E-state index in [2.05, 4.69) is 15.4 Å². The Kier molecular flexibility index (Phi) is 5.41. The summed E-state index contributed by atoms with van der Waals surface area (Å²) in [6.07, 6.45) is 3.18. The van der Waals surface area contributed by atoms with Gasteiger partial charge >= 0.3 is 0 Å². The molecule has 4 rings (SSSR count). The molecule has 0 amide bonds. The zero-order chi connectivity index (χ0) is 21.6. The molecular weight excluding hydrogens is 436 g/mol. The number of hydrogen-bond donors (Lipinski definition) is 1. The fourth-order valence-corrected chi connectivity index (χ4v) is 4.84. The molecule has 1 aliphatic heterocycles. The summed E-state index contributed by atoms with van der Waals surface area (Å²) in [5.41, 5.74) is 0.742. The molecule has 3 heterocycles. The Balaban J connectivity index is 1.73. The van der Waals surface area contributed by atoms with Gasteiger partial charge in [-0.3, -0.25) is 0 Å². The van der Waals surface area contributed by atoms with E-state index in [-0.39, 0.29) is 28.4 Å². The van der Waals surface area contributed by atoms with Crippen molar-refractivity contribution in [3.8, 4) is 11.3 Å². The van der Waals surface area contributed by atoms with E-state index in [1.165, 1.54) is 33.4 Å². The third-order valence-electron chi connectivity index (χ3n) is 5.32. The molecule has 1 N–H and O–H groups in total. The molecule has 2 atom stereocenters. The fraction of sp³-hybridized carbons (Fsp3) is 0.368. The first-order valence-electron chi connectivity index (χ1n) is 9.35. The van der Waals surface area contributed by atoms with Crippen molar-refractivity contribution >= 4 is 33.0 Å². The van der Waals surface area contributed by atoms with Crippen LogP contribution in [0.15, 0.2) is 30.5 Å². The summed E-state index contributed by atoms with van der Waals surface area (Å²) in [6, 6.07) is 5.08. The second-order valence-corrected chi connectivity index (χ2v) is 9.86. The van der Waals surface area contributed by atoms with Crippen LogP contribution in [-0.4, -0.2) is 52.7 Å². The van der Waals surface area contributed by atoms with Gasteiger partial charge < -0.3 is 5.32 Å². The Hall–Kier alpha value is -2.30. The zero-order valence-corrected chi connectivity index (χ0v) is 17.9. The van der Waals surface area contributed by atoms with Gasteiger partial charge in [-0.05, 0) is 30.5 Å². The van der Waals surface area contributed by atoms with Crippen LogP contribution in [0.3, 0.4) is 0 Å². The number of aromatic nitrogens is 3. The van der Waals surface area contributed by atoms with Crippen LogP contribution in [0.5, 0.6) is 0 Å². The molecule has 3 aromatic rings. The Morgan fingerprint density at radius 3 is 2.60 bits per heavy atom. The quantitative estimate of drug-likeness (QED) is 0.652. The van der Waals surface area contributed by atoms with Gasteiger partial charge in [-0.25, -0.2) is 26.5 Å². The lowest BCUT2D eigenvalue weighted by molar-refractivity contribution is 0.262. The van der Waals surface area contributed by atoms with Gasteiger partial charge in [0, 0.05) is 19.1 Å². The second kappa shape index (κ2) is 7.75. The SMILES string of the molecule is CC1CN(S(C)(=O)=O)CCC1Nc1cc(-c2c(F)cccc2F)nn2c(Cl)cnc12. The van der Waals surface area contributed by atoms with Crippen LogP contribution in [-0.2, 0) is 10.0 Å². The van der Waals surface area contributed by atoms with E-state index in [0.29, 0.717) is 30.8 Å². The largest absolute Gasteiger partial charge is 0.379 e. The molecule has 30 heavy (non-hydrogen) atoms. The van der Waals surface area contributed by atoms with E-state index >= 15 is 0 Å². The monoisotopic (exact) mass is 455 g/mol. The molecule has 1 aromatic carbocycles. The third kappa shape index (κ3) is 3.86. The van der Waals surface area contributed by atoms with Crippen LogP contribution in [0.1, 0.15) is 13.3 Å². The van der Waals surface area contributed by atoms with Crippen LogP contribution in [0, 0.1) is 17.6 Å². The molecular formula is C19H20ClF2N5O2S. The number of nitrogens with one attached hydrogen (secondary N) is 1. The highest BCUT2D eigenvalue weighted by molar-refractivity contribution is 7.88. The molecule has 11 heteroatoms. The number of anilines is 1. The average molecular weight is 456 g/mol. The topological polar surface area (TPSA) is 79.6 Å². The van der Waals surface area contributed by atoms with Gasteiger partial charge in [0.2, 0.25) is 10.0 Å². The molecule has 1 saturated heterocycles. The maximum Gasteiger partial charge on any atom is 0.211 e. The minimum absolute atomic E-state index is 0.000715. The number of halogens is 3. The Labute approximate surface area is 177 Å². The minimum atomic E-state index is -3.26. The predicted octanol–water partition coefficient (Wildman–Crippen LogP) is 3.41. The van der Waals surface area contributed by atoms with Crippen molar-refractivity contribution in [1.82, 2.24) is 18.9 Å². The molecule has 0 radical (unpaired) electrons. The maximum absolute atomic E-state index is 14.3. The van der Waals surface area contributed by atoms with Gasteiger partial charge in [-0.1, -0.05) is 24.6 Å². The van der Waals surface area contributed by atoms with E-state index in [9.17, 15) is 17.2 Å². The van der Waals surface area contributed by atoms with E-state index in [4.69, 9.17) is 11.6 Å². The van der Waals surface area contributed by atoms with Gasteiger partial charge in [0.15, 0.2) is 10.8 Å². The highest BCUT2D eigenvalue weighted by Crippen LogP contribution is 2.31. The highest BCUT2D eigenvalue weighted by Gasteiger charge is 2.31. The number of fused-ring (bicyclic) bond motifs is 1. The van der Waals surface area contributed by atoms with Gasteiger partial charge in [0.05, 0.1) is 29.4 Å². The Morgan fingerprint density at radius 2 is 1.97 bits per heavy atom. The van der Waals surface area contributed by atoms with Crippen LogP contribution >= 0.6 is 11.6 Å². The van der Waals surface area contributed by atoms with E-state index in [0.717, 1.165) is 12.1 Å². The van der Waals surface area contributed by atoms with Gasteiger partial charge in [0.1, 0.15) is 11.6 Å². The van der Waals surface area contributed by atoms with Crippen molar-refractivity contribution in [3.63, 3.8) is 0 Å². The Bertz CT molecular complexity index is 1200. The highest BCUT2D eigenvalue weighted by atomic mass is 35.5. The van der Waals surface area contributed by atoms with Crippen LogP contribution in [0.25, 0.3) is 16.9 Å². The van der Waals surface area contributed by atoms with Crippen LogP contribution in [0.4, 0.5) is 14.5 Å². The number of nitrogens with zero attached hydrogens (tertiary/aromatic N) is 4. The van der Waals surface area contributed by atoms with Crippen molar-refractivity contribution in [1.29, 1.82) is 0 Å². The smallest absolute Gasteiger partial charge is 0.211 e. The first kappa shape index (κ1) is 21.0. The molecule has 160 valence electrons. The number of piperidine rings is 1.